The van der Waals surface area contributed by atoms with E-state index in [1.54, 1.807) is 6.07 Å². The number of halogens is 3. The molecule has 0 aliphatic rings. The highest BCUT2D eigenvalue weighted by Gasteiger charge is 2.08. The number of carboxylic acid groups (broad SMARTS) is 1. The topological polar surface area (TPSA) is 62.2 Å². The summed E-state index contributed by atoms with van der Waals surface area (Å²) < 4.78 is 0. The van der Waals surface area contributed by atoms with E-state index < -0.39 is 5.97 Å². The number of rotatable bonds is 3. The third-order valence-corrected chi connectivity index (χ3v) is 3.32. The van der Waals surface area contributed by atoms with Gasteiger partial charge < -0.3 is 10.4 Å². The summed E-state index contributed by atoms with van der Waals surface area (Å²) in [5.41, 5.74) is 0.637. The Bertz CT molecular complexity index is 630. The minimum absolute atomic E-state index is 0.103. The molecule has 0 fully saturated rings. The third kappa shape index (κ3) is 3.29. The quantitative estimate of drug-likeness (QED) is 0.819. The lowest BCUT2D eigenvalue weighted by Gasteiger charge is -2.09. The van der Waals surface area contributed by atoms with Crippen LogP contribution in [0.3, 0.4) is 0 Å². The lowest BCUT2D eigenvalue weighted by atomic mass is 10.2. The Hall–Kier alpha value is -1.49. The van der Waals surface area contributed by atoms with Crippen LogP contribution in [0.5, 0.6) is 0 Å². The van der Waals surface area contributed by atoms with Crippen molar-refractivity contribution in [2.24, 2.45) is 0 Å². The number of carboxylic acids is 1. The Balaban J connectivity index is 2.26. The SMILES string of the molecule is O=C(O)c1ccc(Nc2cc(Cl)c(Cl)cc2Cl)nc1. The van der Waals surface area contributed by atoms with Crippen molar-refractivity contribution in [1.82, 2.24) is 4.98 Å². The van der Waals surface area contributed by atoms with Crippen LogP contribution in [-0.2, 0) is 0 Å². The molecule has 1 aromatic carbocycles. The van der Waals surface area contributed by atoms with E-state index in [0.717, 1.165) is 0 Å². The van der Waals surface area contributed by atoms with E-state index >= 15 is 0 Å². The standard InChI is InChI=1S/C12H7Cl3N2O2/c13-7-3-9(15)10(4-8(7)14)17-11-2-1-6(5-16-11)12(18)19/h1-5H,(H,16,17)(H,18,19). The van der Waals surface area contributed by atoms with Crippen molar-refractivity contribution in [2.45, 2.75) is 0 Å². The fourth-order valence-electron chi connectivity index (χ4n) is 1.35. The molecule has 0 aliphatic carbocycles. The predicted molar refractivity (Wildman–Crippen MR) is 76.0 cm³/mol. The molecule has 0 aliphatic heterocycles. The van der Waals surface area contributed by atoms with Crippen LogP contribution in [0.25, 0.3) is 0 Å². The second kappa shape index (κ2) is 5.65. The number of aromatic nitrogens is 1. The van der Waals surface area contributed by atoms with Crippen molar-refractivity contribution >= 4 is 52.3 Å². The summed E-state index contributed by atoms with van der Waals surface area (Å²) in [6.07, 6.45) is 1.25. The van der Waals surface area contributed by atoms with Gasteiger partial charge in [-0.05, 0) is 24.3 Å². The van der Waals surface area contributed by atoms with Crippen LogP contribution in [0.15, 0.2) is 30.5 Å². The summed E-state index contributed by atoms with van der Waals surface area (Å²) in [7, 11) is 0. The maximum atomic E-state index is 10.7. The maximum absolute atomic E-state index is 10.7. The highest BCUT2D eigenvalue weighted by molar-refractivity contribution is 6.44. The van der Waals surface area contributed by atoms with E-state index in [1.807, 2.05) is 0 Å². The van der Waals surface area contributed by atoms with Crippen LogP contribution in [0.2, 0.25) is 15.1 Å². The molecule has 0 bridgehead atoms. The van der Waals surface area contributed by atoms with Gasteiger partial charge in [-0.1, -0.05) is 34.8 Å². The molecular formula is C12H7Cl3N2O2. The molecule has 0 saturated heterocycles. The van der Waals surface area contributed by atoms with Crippen LogP contribution in [-0.4, -0.2) is 16.1 Å². The molecule has 1 heterocycles. The molecule has 0 amide bonds. The minimum Gasteiger partial charge on any atom is -0.478 e. The normalized spacial score (nSPS) is 10.3. The summed E-state index contributed by atoms with van der Waals surface area (Å²) >= 11 is 17.7. The first kappa shape index (κ1) is 13.9. The van der Waals surface area contributed by atoms with Gasteiger partial charge in [0.15, 0.2) is 0 Å². The zero-order valence-electron chi connectivity index (χ0n) is 9.32. The summed E-state index contributed by atoms with van der Waals surface area (Å²) in [4.78, 5) is 14.7. The number of nitrogens with zero attached hydrogens (tertiary/aromatic N) is 1. The lowest BCUT2D eigenvalue weighted by Crippen LogP contribution is -1.99. The van der Waals surface area contributed by atoms with Gasteiger partial charge in [-0.15, -0.1) is 0 Å². The molecule has 2 N–H and O–H groups in total. The molecular weight excluding hydrogens is 311 g/mol. The monoisotopic (exact) mass is 316 g/mol. The van der Waals surface area contributed by atoms with Crippen molar-refractivity contribution in [2.75, 3.05) is 5.32 Å². The van der Waals surface area contributed by atoms with Gasteiger partial charge in [0.25, 0.3) is 0 Å². The van der Waals surface area contributed by atoms with E-state index in [-0.39, 0.29) is 5.56 Å². The number of pyridine rings is 1. The van der Waals surface area contributed by atoms with Crippen LogP contribution in [0.1, 0.15) is 10.4 Å². The number of carbonyl (C=O) groups is 1. The fourth-order valence-corrected chi connectivity index (χ4v) is 1.94. The zero-order chi connectivity index (χ0) is 14.0. The van der Waals surface area contributed by atoms with Gasteiger partial charge in [-0.2, -0.15) is 0 Å². The Morgan fingerprint density at radius 3 is 2.37 bits per heavy atom. The van der Waals surface area contributed by atoms with Gasteiger partial charge in [0.2, 0.25) is 0 Å². The minimum atomic E-state index is -1.04. The molecule has 2 aromatic rings. The molecule has 1 aromatic heterocycles. The summed E-state index contributed by atoms with van der Waals surface area (Å²) in [5.74, 6) is -0.586. The predicted octanol–water partition coefficient (Wildman–Crippen LogP) is 4.48. The molecule has 19 heavy (non-hydrogen) atoms. The van der Waals surface area contributed by atoms with Crippen LogP contribution < -0.4 is 5.32 Å². The Kier molecular flexibility index (Phi) is 4.14. The number of hydrogen-bond donors (Lipinski definition) is 2. The number of anilines is 2. The molecule has 4 nitrogen and oxygen atoms in total. The number of benzene rings is 1. The molecule has 0 unspecified atom stereocenters. The van der Waals surface area contributed by atoms with Gasteiger partial charge in [-0.25, -0.2) is 9.78 Å². The fraction of sp³-hybridized carbons (Fsp3) is 0. The van der Waals surface area contributed by atoms with Gasteiger partial charge in [0.05, 0.1) is 26.3 Å². The Morgan fingerprint density at radius 2 is 1.79 bits per heavy atom. The van der Waals surface area contributed by atoms with E-state index in [2.05, 4.69) is 10.3 Å². The second-order valence-electron chi connectivity index (χ2n) is 3.61. The average Bonchev–Trinajstić information content (AvgIpc) is 2.36. The first-order chi connectivity index (χ1) is 8.97. The molecule has 7 heteroatoms. The third-order valence-electron chi connectivity index (χ3n) is 2.28. The van der Waals surface area contributed by atoms with E-state index in [0.29, 0.717) is 26.6 Å². The van der Waals surface area contributed by atoms with Crippen molar-refractivity contribution in [3.63, 3.8) is 0 Å². The second-order valence-corrected chi connectivity index (χ2v) is 4.83. The van der Waals surface area contributed by atoms with Gasteiger partial charge in [0, 0.05) is 6.20 Å². The zero-order valence-corrected chi connectivity index (χ0v) is 11.6. The molecule has 2 rings (SSSR count). The largest absolute Gasteiger partial charge is 0.478 e. The van der Waals surface area contributed by atoms with Crippen LogP contribution in [0, 0.1) is 0 Å². The molecule has 0 saturated carbocycles. The average molecular weight is 318 g/mol. The highest BCUT2D eigenvalue weighted by atomic mass is 35.5. The van der Waals surface area contributed by atoms with Gasteiger partial charge in [0.1, 0.15) is 5.82 Å². The summed E-state index contributed by atoms with van der Waals surface area (Å²) in [6.45, 7) is 0. The number of nitrogens with one attached hydrogen (secondary N) is 1. The van der Waals surface area contributed by atoms with Crippen LogP contribution >= 0.6 is 34.8 Å². The molecule has 0 radical (unpaired) electrons. The molecule has 98 valence electrons. The van der Waals surface area contributed by atoms with E-state index in [1.165, 1.54) is 24.4 Å². The number of hydrogen-bond acceptors (Lipinski definition) is 3. The van der Waals surface area contributed by atoms with Gasteiger partial charge >= 0.3 is 5.97 Å². The summed E-state index contributed by atoms with van der Waals surface area (Å²) in [5, 5.41) is 12.8. The van der Waals surface area contributed by atoms with Crippen molar-refractivity contribution in [1.29, 1.82) is 0 Å². The summed E-state index contributed by atoms with van der Waals surface area (Å²) in [6, 6.07) is 6.05. The first-order valence-corrected chi connectivity index (χ1v) is 6.21. The smallest absolute Gasteiger partial charge is 0.337 e. The Morgan fingerprint density at radius 1 is 1.11 bits per heavy atom. The highest BCUT2D eigenvalue weighted by Crippen LogP contribution is 2.33. The van der Waals surface area contributed by atoms with Crippen molar-refractivity contribution in [3.05, 3.63) is 51.1 Å². The maximum Gasteiger partial charge on any atom is 0.337 e. The van der Waals surface area contributed by atoms with Gasteiger partial charge in [-0.3, -0.25) is 0 Å². The first-order valence-electron chi connectivity index (χ1n) is 5.08. The molecule has 0 atom stereocenters. The van der Waals surface area contributed by atoms with Crippen molar-refractivity contribution < 1.29 is 9.90 Å². The lowest BCUT2D eigenvalue weighted by molar-refractivity contribution is 0.0696. The van der Waals surface area contributed by atoms with E-state index in [4.69, 9.17) is 39.9 Å². The molecule has 0 spiro atoms. The van der Waals surface area contributed by atoms with Crippen molar-refractivity contribution in [3.8, 4) is 0 Å². The Labute approximate surface area is 123 Å². The van der Waals surface area contributed by atoms with Crippen LogP contribution in [0.4, 0.5) is 11.5 Å². The van der Waals surface area contributed by atoms with E-state index in [9.17, 15) is 4.79 Å². The number of aromatic carboxylic acids is 1.